The van der Waals surface area contributed by atoms with Gasteiger partial charge in [-0.1, -0.05) is 23.2 Å². The third-order valence-electron chi connectivity index (χ3n) is 5.05. The Balaban J connectivity index is 2.02. The zero-order valence-electron chi connectivity index (χ0n) is 20.9. The Bertz CT molecular complexity index is 1310. The number of amides is 2. The van der Waals surface area contributed by atoms with Gasteiger partial charge in [0, 0.05) is 10.4 Å². The Labute approximate surface area is 229 Å². The lowest BCUT2D eigenvalue weighted by molar-refractivity contribution is 0.0554. The van der Waals surface area contributed by atoms with Crippen LogP contribution < -0.4 is 15.8 Å². The summed E-state index contributed by atoms with van der Waals surface area (Å²) in [5, 5.41) is 11.3. The lowest BCUT2D eigenvalue weighted by Gasteiger charge is -2.26. The van der Waals surface area contributed by atoms with Crippen LogP contribution in [0.2, 0.25) is 10.0 Å². The van der Waals surface area contributed by atoms with Crippen LogP contribution in [0.25, 0.3) is 11.3 Å². The minimum Gasteiger partial charge on any atom is -0.497 e. The number of alkyl carbamates (subject to hydrolysis) is 1. The third-order valence-corrected chi connectivity index (χ3v) is 6.43. The molecule has 37 heavy (non-hydrogen) atoms. The van der Waals surface area contributed by atoms with E-state index in [2.05, 4.69) is 9.69 Å². The molecule has 3 rings (SSSR count). The first kappa shape index (κ1) is 28.2. The van der Waals surface area contributed by atoms with Crippen LogP contribution >= 0.6 is 34.7 Å². The highest BCUT2D eigenvalue weighted by Gasteiger charge is 2.29. The van der Waals surface area contributed by atoms with Gasteiger partial charge in [-0.05, 0) is 81.2 Å². The van der Waals surface area contributed by atoms with Crippen molar-refractivity contribution in [1.29, 1.82) is 5.41 Å². The van der Waals surface area contributed by atoms with Gasteiger partial charge < -0.3 is 15.2 Å². The van der Waals surface area contributed by atoms with Crippen LogP contribution in [0.5, 0.6) is 5.75 Å². The molecule has 2 aromatic carbocycles. The summed E-state index contributed by atoms with van der Waals surface area (Å²) in [6.45, 7) is 6.71. The predicted octanol–water partition coefficient (Wildman–Crippen LogP) is 6.12. The number of hydrogen-bond donors (Lipinski definition) is 3. The molecular formula is C25H27Cl2N5O4S. The Hall–Kier alpha value is -3.34. The number of hydrogen-bond acceptors (Lipinski definition) is 8. The highest BCUT2D eigenvalue weighted by Crippen LogP contribution is 2.32. The monoisotopic (exact) mass is 563 g/mol. The summed E-state index contributed by atoms with van der Waals surface area (Å²) in [4.78, 5) is 28.1. The Morgan fingerprint density at radius 3 is 2.30 bits per heavy atom. The van der Waals surface area contributed by atoms with E-state index in [1.54, 1.807) is 71.2 Å². The number of rotatable bonds is 5. The predicted molar refractivity (Wildman–Crippen MR) is 147 cm³/mol. The van der Waals surface area contributed by atoms with Crippen molar-refractivity contribution in [3.63, 3.8) is 0 Å². The number of nitrogens with two attached hydrogens (primary N) is 1. The zero-order chi connectivity index (χ0) is 27.5. The van der Waals surface area contributed by atoms with Crippen molar-refractivity contribution >= 4 is 58.4 Å². The minimum atomic E-state index is -0.876. The highest BCUT2D eigenvalue weighted by molar-refractivity contribution is 7.06. The highest BCUT2D eigenvalue weighted by atomic mass is 35.5. The van der Waals surface area contributed by atoms with Crippen molar-refractivity contribution in [3.8, 4) is 17.0 Å². The zero-order valence-corrected chi connectivity index (χ0v) is 23.3. The number of ether oxygens (including phenoxy) is 2. The number of aromatic nitrogens is 1. The van der Waals surface area contributed by atoms with E-state index >= 15 is 0 Å². The number of halogens is 2. The molecule has 3 aromatic rings. The van der Waals surface area contributed by atoms with Crippen LogP contribution in [0.15, 0.2) is 36.4 Å². The molecule has 0 atom stereocenters. The van der Waals surface area contributed by atoms with E-state index in [0.29, 0.717) is 33.0 Å². The molecule has 9 nitrogen and oxygen atoms in total. The molecule has 0 saturated carbocycles. The van der Waals surface area contributed by atoms with Crippen LogP contribution in [0, 0.1) is 12.3 Å². The maximum Gasteiger partial charge on any atom is 0.414 e. The molecule has 4 N–H and O–H groups in total. The fourth-order valence-electron chi connectivity index (χ4n) is 3.34. The Morgan fingerprint density at radius 2 is 1.76 bits per heavy atom. The van der Waals surface area contributed by atoms with Crippen LogP contribution in [-0.2, 0) is 11.3 Å². The lowest BCUT2D eigenvalue weighted by atomic mass is 10.0. The molecule has 0 fully saturated rings. The summed E-state index contributed by atoms with van der Waals surface area (Å²) < 4.78 is 15.0. The SMILES string of the molecule is COc1ccc(-c2nsc(C)c2C(=O)N(Cc2cc(Cl)c(N)c(Cl)c2)C(=N)NC(=O)OC(C)(C)C)cc1. The van der Waals surface area contributed by atoms with Gasteiger partial charge in [0.1, 0.15) is 11.4 Å². The first-order valence-electron chi connectivity index (χ1n) is 11.0. The van der Waals surface area contributed by atoms with Gasteiger partial charge >= 0.3 is 6.09 Å². The van der Waals surface area contributed by atoms with Gasteiger partial charge in [0.15, 0.2) is 0 Å². The average Bonchev–Trinajstić information content (AvgIpc) is 3.20. The quantitative estimate of drug-likeness (QED) is 0.195. The number of carbonyl (C=O) groups is 2. The molecular weight excluding hydrogens is 537 g/mol. The standard InChI is InChI=1S/C25H27Cl2N5O4S/c1-13-19(21(31-37-13)15-6-8-16(35-5)9-7-15)22(33)32(23(29)30-24(34)36-25(2,3)4)12-14-10-17(26)20(28)18(27)11-14/h6-11H,12,28H2,1-5H3,(H2,29,30,34). The Kier molecular flexibility index (Phi) is 8.68. The number of guanidine groups is 1. The number of nitrogen functional groups attached to an aromatic ring is 1. The second-order valence-corrected chi connectivity index (χ2v) is 10.8. The summed E-state index contributed by atoms with van der Waals surface area (Å²) in [5.41, 5.74) is 7.18. The first-order valence-corrected chi connectivity index (χ1v) is 12.6. The van der Waals surface area contributed by atoms with E-state index < -0.39 is 23.6 Å². The second kappa shape index (κ2) is 11.4. The number of aryl methyl sites for hydroxylation is 1. The molecule has 1 aromatic heterocycles. The summed E-state index contributed by atoms with van der Waals surface area (Å²) in [5.74, 6) is -0.387. The van der Waals surface area contributed by atoms with Crippen molar-refractivity contribution in [2.75, 3.05) is 12.8 Å². The molecule has 0 bridgehead atoms. The molecule has 196 valence electrons. The van der Waals surface area contributed by atoms with Crippen LogP contribution in [-0.4, -0.2) is 39.9 Å². The summed E-state index contributed by atoms with van der Waals surface area (Å²) in [6, 6.07) is 10.2. The van der Waals surface area contributed by atoms with E-state index in [1.165, 1.54) is 0 Å². The van der Waals surface area contributed by atoms with Crippen LogP contribution in [0.1, 0.15) is 41.6 Å². The van der Waals surface area contributed by atoms with Crippen molar-refractivity contribution in [1.82, 2.24) is 14.6 Å². The summed E-state index contributed by atoms with van der Waals surface area (Å²) in [6.07, 6.45) is -0.876. The molecule has 0 aliphatic carbocycles. The fourth-order valence-corrected chi connectivity index (χ4v) is 4.57. The molecule has 2 amide bonds. The average molecular weight is 564 g/mol. The van der Waals surface area contributed by atoms with Crippen molar-refractivity contribution in [2.24, 2.45) is 0 Å². The van der Waals surface area contributed by atoms with E-state index in [4.69, 9.17) is 43.8 Å². The maximum atomic E-state index is 13.9. The largest absolute Gasteiger partial charge is 0.497 e. The topological polar surface area (TPSA) is 131 Å². The smallest absolute Gasteiger partial charge is 0.414 e. The fraction of sp³-hybridized carbons (Fsp3) is 0.280. The van der Waals surface area contributed by atoms with E-state index in [9.17, 15) is 9.59 Å². The van der Waals surface area contributed by atoms with Crippen LogP contribution in [0.3, 0.4) is 0 Å². The number of nitrogens with zero attached hydrogens (tertiary/aromatic N) is 2. The molecule has 0 spiro atoms. The number of carbonyl (C=O) groups excluding carboxylic acids is 2. The van der Waals surface area contributed by atoms with Gasteiger partial charge in [0.2, 0.25) is 5.96 Å². The molecule has 1 heterocycles. The van der Waals surface area contributed by atoms with E-state index in [-0.39, 0.29) is 22.3 Å². The van der Waals surface area contributed by atoms with E-state index in [0.717, 1.165) is 16.4 Å². The van der Waals surface area contributed by atoms with Gasteiger partial charge in [-0.3, -0.25) is 20.4 Å². The molecule has 12 heteroatoms. The van der Waals surface area contributed by atoms with Crippen molar-refractivity contribution in [3.05, 3.63) is 62.4 Å². The lowest BCUT2D eigenvalue weighted by Crippen LogP contribution is -2.47. The molecule has 0 unspecified atom stereocenters. The summed E-state index contributed by atoms with van der Waals surface area (Å²) in [7, 11) is 1.56. The number of methoxy groups -OCH3 is 1. The third kappa shape index (κ3) is 6.91. The minimum absolute atomic E-state index is 0.134. The molecule has 0 saturated heterocycles. The van der Waals surface area contributed by atoms with Gasteiger partial charge in [-0.25, -0.2) is 4.79 Å². The maximum absolute atomic E-state index is 13.9. The van der Waals surface area contributed by atoms with E-state index in [1.807, 2.05) is 0 Å². The number of nitrogens with one attached hydrogen (secondary N) is 2. The van der Waals surface area contributed by atoms with Gasteiger partial charge in [0.25, 0.3) is 5.91 Å². The summed E-state index contributed by atoms with van der Waals surface area (Å²) >= 11 is 13.6. The molecule has 0 aliphatic rings. The van der Waals surface area contributed by atoms with Gasteiger partial charge in [-0.15, -0.1) is 0 Å². The number of anilines is 1. The van der Waals surface area contributed by atoms with Crippen molar-refractivity contribution < 1.29 is 19.1 Å². The Morgan fingerprint density at radius 1 is 1.16 bits per heavy atom. The first-order chi connectivity index (χ1) is 17.3. The molecule has 0 aliphatic heterocycles. The number of benzene rings is 2. The van der Waals surface area contributed by atoms with Crippen LogP contribution in [0.4, 0.5) is 10.5 Å². The van der Waals surface area contributed by atoms with Gasteiger partial charge in [0.05, 0.1) is 40.6 Å². The van der Waals surface area contributed by atoms with Crippen molar-refractivity contribution in [2.45, 2.75) is 39.8 Å². The molecule has 0 radical (unpaired) electrons. The van der Waals surface area contributed by atoms with Gasteiger partial charge in [-0.2, -0.15) is 4.37 Å². The normalized spacial score (nSPS) is 11.1. The second-order valence-electron chi connectivity index (χ2n) is 9.03.